The summed E-state index contributed by atoms with van der Waals surface area (Å²) < 4.78 is 5.61. The molecule has 0 fully saturated rings. The summed E-state index contributed by atoms with van der Waals surface area (Å²) in [5.41, 5.74) is 7.10. The quantitative estimate of drug-likeness (QED) is 0.371. The molecule has 5 nitrogen and oxygen atoms in total. The molecule has 4 aromatic rings. The number of hydrogen-bond acceptors (Lipinski definition) is 4. The molecule has 0 saturated heterocycles. The lowest BCUT2D eigenvalue weighted by molar-refractivity contribution is 0.0706. The van der Waals surface area contributed by atoms with E-state index in [4.69, 9.17) is 9.73 Å². The first kappa shape index (κ1) is 17.9. The van der Waals surface area contributed by atoms with Crippen LogP contribution in [0.4, 0.5) is 0 Å². The largest absolute Gasteiger partial charge is 0.355 e. The van der Waals surface area contributed by atoms with Crippen LogP contribution in [0.1, 0.15) is 35.7 Å². The molecule has 140 valence electrons. The third kappa shape index (κ3) is 3.17. The normalized spacial score (nSPS) is 11.1. The average molecular weight is 372 g/mol. The molecule has 28 heavy (non-hydrogen) atoms. The van der Waals surface area contributed by atoms with Crippen molar-refractivity contribution in [3.8, 4) is 22.5 Å². The second-order valence-corrected chi connectivity index (χ2v) is 7.01. The Hall–Kier alpha value is -3.44. The Bertz CT molecular complexity index is 1150. The third-order valence-electron chi connectivity index (χ3n) is 4.86. The van der Waals surface area contributed by atoms with E-state index in [0.717, 1.165) is 10.9 Å². The average Bonchev–Trinajstić information content (AvgIpc) is 3.16. The number of carbonyl (C=O) groups excluding carboxylic acids is 1. The summed E-state index contributed by atoms with van der Waals surface area (Å²) >= 11 is 0. The number of carbonyl (C=O) groups is 1. The molecule has 0 saturated carbocycles. The summed E-state index contributed by atoms with van der Waals surface area (Å²) in [6, 6.07) is 21.5. The Morgan fingerprint density at radius 3 is 2.50 bits per heavy atom. The zero-order chi connectivity index (χ0) is 19.7. The highest BCUT2D eigenvalue weighted by Gasteiger charge is 2.17. The molecule has 0 atom stereocenters. The molecule has 1 heterocycles. The molecular weight excluding hydrogens is 352 g/mol. The van der Waals surface area contributed by atoms with Crippen molar-refractivity contribution in [3.63, 3.8) is 0 Å². The topological polar surface area (TPSA) is 75.4 Å². The van der Waals surface area contributed by atoms with E-state index in [1.54, 1.807) is 23.7 Å². The van der Waals surface area contributed by atoms with Crippen LogP contribution in [0.5, 0.6) is 0 Å². The maximum absolute atomic E-state index is 11.8. The lowest BCUT2D eigenvalue weighted by Gasteiger charge is -2.14. The fraction of sp³-hybridized carbons (Fsp3) is 0.130. The van der Waals surface area contributed by atoms with Gasteiger partial charge in [0.05, 0.1) is 5.39 Å². The van der Waals surface area contributed by atoms with Crippen molar-refractivity contribution >= 4 is 16.8 Å². The first-order valence-electron chi connectivity index (χ1n) is 9.12. The number of fused-ring (bicyclic) bond motifs is 1. The second kappa shape index (κ2) is 7.29. The Morgan fingerprint density at radius 2 is 1.79 bits per heavy atom. The summed E-state index contributed by atoms with van der Waals surface area (Å²) in [6.45, 7) is 4.32. The zero-order valence-electron chi connectivity index (χ0n) is 15.6. The molecular formula is C23H20N2O3. The predicted octanol–water partition coefficient (Wildman–Crippen LogP) is 5.40. The Balaban J connectivity index is 1.86. The van der Waals surface area contributed by atoms with Gasteiger partial charge in [0, 0.05) is 11.1 Å². The molecule has 0 aliphatic carbocycles. The van der Waals surface area contributed by atoms with Crippen molar-refractivity contribution in [2.75, 3.05) is 0 Å². The number of aromatic nitrogens is 1. The number of nitrogens with one attached hydrogen (secondary N) is 1. The van der Waals surface area contributed by atoms with Gasteiger partial charge in [-0.3, -0.25) is 10.0 Å². The third-order valence-corrected chi connectivity index (χ3v) is 4.86. The van der Waals surface area contributed by atoms with Crippen molar-refractivity contribution in [2.24, 2.45) is 0 Å². The number of benzene rings is 3. The summed E-state index contributed by atoms with van der Waals surface area (Å²) in [6.07, 6.45) is 0. The molecule has 2 N–H and O–H groups in total. The van der Waals surface area contributed by atoms with E-state index in [9.17, 15) is 4.79 Å². The minimum atomic E-state index is -0.573. The number of hydroxylamine groups is 1. The minimum Gasteiger partial charge on any atom is -0.355 e. The Kier molecular flexibility index (Phi) is 4.67. The molecule has 0 aliphatic rings. The van der Waals surface area contributed by atoms with Crippen molar-refractivity contribution in [3.05, 3.63) is 77.9 Å². The van der Waals surface area contributed by atoms with E-state index in [1.165, 1.54) is 16.7 Å². The number of amides is 1. The van der Waals surface area contributed by atoms with Gasteiger partial charge >= 0.3 is 0 Å². The lowest BCUT2D eigenvalue weighted by atomic mass is 9.90. The fourth-order valence-electron chi connectivity index (χ4n) is 3.42. The number of rotatable bonds is 4. The van der Waals surface area contributed by atoms with Crippen molar-refractivity contribution in [1.29, 1.82) is 0 Å². The molecule has 0 radical (unpaired) electrons. The van der Waals surface area contributed by atoms with E-state index in [2.05, 4.69) is 43.3 Å². The van der Waals surface area contributed by atoms with Crippen LogP contribution < -0.4 is 5.48 Å². The molecule has 0 bridgehead atoms. The highest BCUT2D eigenvalue weighted by Crippen LogP contribution is 2.36. The van der Waals surface area contributed by atoms with E-state index in [1.807, 2.05) is 24.3 Å². The van der Waals surface area contributed by atoms with Crippen LogP contribution in [-0.2, 0) is 0 Å². The van der Waals surface area contributed by atoms with Crippen LogP contribution in [0.15, 0.2) is 71.3 Å². The van der Waals surface area contributed by atoms with E-state index in [0.29, 0.717) is 22.8 Å². The van der Waals surface area contributed by atoms with Gasteiger partial charge < -0.3 is 4.52 Å². The maximum Gasteiger partial charge on any atom is 0.274 e. The summed E-state index contributed by atoms with van der Waals surface area (Å²) in [5, 5.41) is 13.7. The lowest BCUT2D eigenvalue weighted by Crippen LogP contribution is -2.18. The van der Waals surface area contributed by atoms with Crippen molar-refractivity contribution in [1.82, 2.24) is 10.6 Å². The van der Waals surface area contributed by atoms with Crippen LogP contribution in [0, 0.1) is 0 Å². The zero-order valence-corrected chi connectivity index (χ0v) is 15.6. The van der Waals surface area contributed by atoms with Crippen LogP contribution >= 0.6 is 0 Å². The smallest absolute Gasteiger partial charge is 0.274 e. The molecule has 5 heteroatoms. The van der Waals surface area contributed by atoms with Crippen molar-refractivity contribution < 1.29 is 14.5 Å². The van der Waals surface area contributed by atoms with E-state index >= 15 is 0 Å². The molecule has 0 spiro atoms. The maximum atomic E-state index is 11.8. The Morgan fingerprint density at radius 1 is 1.00 bits per heavy atom. The summed E-state index contributed by atoms with van der Waals surface area (Å²) in [4.78, 5) is 11.8. The first-order chi connectivity index (χ1) is 13.6. The minimum absolute atomic E-state index is 0.320. The van der Waals surface area contributed by atoms with Gasteiger partial charge in [0.15, 0.2) is 5.76 Å². The first-order valence-corrected chi connectivity index (χ1v) is 9.12. The van der Waals surface area contributed by atoms with Gasteiger partial charge in [-0.25, -0.2) is 5.48 Å². The van der Waals surface area contributed by atoms with E-state index < -0.39 is 5.91 Å². The summed E-state index contributed by atoms with van der Waals surface area (Å²) in [7, 11) is 0. The molecule has 4 rings (SSSR count). The standard InChI is InChI=1S/C23H20N2O3/c1-14(2)19-12-16(8-10-18(19)15-6-4-3-5-7-15)22-20-13-17(23(26)24-27)9-11-21(20)25-28-22/h3-14,27H,1-2H3,(H,24,26). The van der Waals surface area contributed by atoms with Gasteiger partial charge in [0.2, 0.25) is 0 Å². The predicted molar refractivity (Wildman–Crippen MR) is 108 cm³/mol. The van der Waals surface area contributed by atoms with Gasteiger partial charge in [-0.2, -0.15) is 0 Å². The van der Waals surface area contributed by atoms with Crippen LogP contribution in [0.25, 0.3) is 33.4 Å². The highest BCUT2D eigenvalue weighted by molar-refractivity contribution is 6.00. The molecule has 0 unspecified atom stereocenters. The molecule has 1 amide bonds. The molecule has 1 aromatic heterocycles. The van der Waals surface area contributed by atoms with Gasteiger partial charge in [-0.05, 0) is 46.9 Å². The monoisotopic (exact) mass is 372 g/mol. The van der Waals surface area contributed by atoms with Gasteiger partial charge in [0.25, 0.3) is 5.91 Å². The van der Waals surface area contributed by atoms with E-state index in [-0.39, 0.29) is 0 Å². The Labute approximate surface area is 162 Å². The SMILES string of the molecule is CC(C)c1cc(-c2onc3ccc(C(=O)NO)cc23)ccc1-c1ccccc1. The number of hydrogen-bond donors (Lipinski definition) is 2. The van der Waals surface area contributed by atoms with Crippen molar-refractivity contribution in [2.45, 2.75) is 19.8 Å². The fourth-order valence-corrected chi connectivity index (χ4v) is 3.42. The molecule has 0 aliphatic heterocycles. The van der Waals surface area contributed by atoms with Crippen LogP contribution in [0.3, 0.4) is 0 Å². The summed E-state index contributed by atoms with van der Waals surface area (Å²) in [5.74, 6) is 0.348. The van der Waals surface area contributed by atoms with Gasteiger partial charge in [0.1, 0.15) is 5.52 Å². The van der Waals surface area contributed by atoms with Crippen LogP contribution in [0.2, 0.25) is 0 Å². The van der Waals surface area contributed by atoms with Gasteiger partial charge in [-0.15, -0.1) is 0 Å². The number of nitrogens with zero attached hydrogens (tertiary/aromatic N) is 1. The molecule has 3 aromatic carbocycles. The van der Waals surface area contributed by atoms with Crippen LogP contribution in [-0.4, -0.2) is 16.3 Å². The van der Waals surface area contributed by atoms with Gasteiger partial charge in [-0.1, -0.05) is 61.5 Å². The highest BCUT2D eigenvalue weighted by atomic mass is 16.5. The second-order valence-electron chi connectivity index (χ2n) is 7.01.